The number of H-pyrrole nitrogens is 1. The quantitative estimate of drug-likeness (QED) is 0.791. The Labute approximate surface area is 144 Å². The van der Waals surface area contributed by atoms with Crippen molar-refractivity contribution in [3.8, 4) is 0 Å². The van der Waals surface area contributed by atoms with Gasteiger partial charge in [-0.05, 0) is 51.5 Å². The normalized spacial score (nSPS) is 30.7. The third-order valence-electron chi connectivity index (χ3n) is 6.03. The van der Waals surface area contributed by atoms with Gasteiger partial charge in [-0.3, -0.25) is 10.00 Å². The molecule has 1 aliphatic carbocycles. The lowest BCUT2D eigenvalue weighted by molar-refractivity contribution is -0.103. The second-order valence-electron chi connectivity index (χ2n) is 7.22. The Kier molecular flexibility index (Phi) is 5.59. The van der Waals surface area contributed by atoms with Crippen LogP contribution in [0.4, 0.5) is 0 Å². The van der Waals surface area contributed by atoms with E-state index in [0.717, 1.165) is 50.9 Å². The van der Waals surface area contributed by atoms with Crippen LogP contribution in [-0.4, -0.2) is 71.4 Å². The van der Waals surface area contributed by atoms with E-state index >= 15 is 0 Å². The van der Waals surface area contributed by atoms with Gasteiger partial charge in [0.1, 0.15) is 0 Å². The van der Waals surface area contributed by atoms with Crippen LogP contribution in [0.25, 0.3) is 0 Å². The fraction of sp³-hybridized carbons (Fsp3) is 0.833. The molecule has 1 saturated carbocycles. The zero-order valence-electron chi connectivity index (χ0n) is 15.2. The molecule has 2 fully saturated rings. The van der Waals surface area contributed by atoms with Gasteiger partial charge in [0.15, 0.2) is 0 Å². The standard InChI is InChI=1S/C18H31N3O3/c1-13-16(14(2)20-19-13)5-8-21-9-7-18(23-3)6-4-15(12-17(18)21)24-11-10-22/h15,17,22H,4-12H2,1-3H3,(H,19,20)/t15-,17-,18+/m0/s1. The van der Waals surface area contributed by atoms with Gasteiger partial charge < -0.3 is 14.6 Å². The van der Waals surface area contributed by atoms with Crippen LogP contribution in [0.2, 0.25) is 0 Å². The molecule has 3 rings (SSSR count). The highest BCUT2D eigenvalue weighted by atomic mass is 16.5. The zero-order chi connectivity index (χ0) is 17.2. The number of aromatic amines is 1. The van der Waals surface area contributed by atoms with Crippen molar-refractivity contribution in [2.45, 2.75) is 63.7 Å². The van der Waals surface area contributed by atoms with E-state index in [9.17, 15) is 0 Å². The van der Waals surface area contributed by atoms with Gasteiger partial charge in [0, 0.05) is 31.9 Å². The number of rotatable bonds is 7. The first-order valence-corrected chi connectivity index (χ1v) is 9.11. The maximum Gasteiger partial charge on any atom is 0.0847 e. The summed E-state index contributed by atoms with van der Waals surface area (Å²) in [5.74, 6) is 0. The van der Waals surface area contributed by atoms with Crippen molar-refractivity contribution in [1.82, 2.24) is 15.1 Å². The Bertz CT molecular complexity index is 528. The minimum absolute atomic E-state index is 0.0143. The smallest absolute Gasteiger partial charge is 0.0847 e. The van der Waals surface area contributed by atoms with Crippen LogP contribution in [0, 0.1) is 13.8 Å². The highest BCUT2D eigenvalue weighted by molar-refractivity contribution is 5.23. The average Bonchev–Trinajstić information content (AvgIpc) is 3.12. The number of fused-ring (bicyclic) bond motifs is 1. The molecule has 6 nitrogen and oxygen atoms in total. The number of likely N-dealkylation sites (tertiary alicyclic amines) is 1. The average molecular weight is 337 g/mol. The van der Waals surface area contributed by atoms with E-state index in [1.165, 1.54) is 11.3 Å². The Balaban J connectivity index is 1.65. The molecule has 0 aromatic carbocycles. The predicted molar refractivity (Wildman–Crippen MR) is 92.2 cm³/mol. The van der Waals surface area contributed by atoms with Gasteiger partial charge in [0.2, 0.25) is 0 Å². The zero-order valence-corrected chi connectivity index (χ0v) is 15.2. The van der Waals surface area contributed by atoms with E-state index < -0.39 is 0 Å². The van der Waals surface area contributed by atoms with Gasteiger partial charge in [-0.1, -0.05) is 0 Å². The molecule has 6 heteroatoms. The molecule has 0 bridgehead atoms. The molecule has 0 spiro atoms. The van der Waals surface area contributed by atoms with Crippen molar-refractivity contribution in [3.63, 3.8) is 0 Å². The van der Waals surface area contributed by atoms with Crippen LogP contribution in [-0.2, 0) is 15.9 Å². The fourth-order valence-electron chi connectivity index (χ4n) is 4.59. The summed E-state index contributed by atoms with van der Waals surface area (Å²) in [5, 5.41) is 16.4. The first-order valence-electron chi connectivity index (χ1n) is 9.11. The number of aliphatic hydroxyl groups is 1. The maximum atomic E-state index is 9.01. The fourth-order valence-corrected chi connectivity index (χ4v) is 4.59. The first-order chi connectivity index (χ1) is 11.6. The Morgan fingerprint density at radius 2 is 2.21 bits per heavy atom. The predicted octanol–water partition coefficient (Wildman–Crippen LogP) is 1.59. The number of methoxy groups -OCH3 is 1. The number of aryl methyl sites for hydroxylation is 2. The summed E-state index contributed by atoms with van der Waals surface area (Å²) in [6.07, 6.45) is 5.43. The van der Waals surface area contributed by atoms with Crippen molar-refractivity contribution in [2.24, 2.45) is 0 Å². The largest absolute Gasteiger partial charge is 0.394 e. The van der Waals surface area contributed by atoms with E-state index in [1.54, 1.807) is 0 Å². The van der Waals surface area contributed by atoms with Crippen LogP contribution in [0.1, 0.15) is 42.6 Å². The summed E-state index contributed by atoms with van der Waals surface area (Å²) in [7, 11) is 1.86. The molecule has 2 heterocycles. The second-order valence-corrected chi connectivity index (χ2v) is 7.22. The second kappa shape index (κ2) is 7.52. The summed E-state index contributed by atoms with van der Waals surface area (Å²) in [6.45, 7) is 6.81. The molecule has 136 valence electrons. The monoisotopic (exact) mass is 337 g/mol. The summed E-state index contributed by atoms with van der Waals surface area (Å²) < 4.78 is 11.8. The number of ether oxygens (including phenoxy) is 2. The molecular formula is C18H31N3O3. The molecule has 0 radical (unpaired) electrons. The Morgan fingerprint density at radius 3 is 2.88 bits per heavy atom. The first kappa shape index (κ1) is 17.9. The van der Waals surface area contributed by atoms with E-state index in [-0.39, 0.29) is 18.3 Å². The third kappa shape index (κ3) is 3.38. The lowest BCUT2D eigenvalue weighted by Crippen LogP contribution is -2.52. The molecular weight excluding hydrogens is 306 g/mol. The van der Waals surface area contributed by atoms with Gasteiger partial charge in [-0.15, -0.1) is 0 Å². The molecule has 1 saturated heterocycles. The van der Waals surface area contributed by atoms with Crippen molar-refractivity contribution in [3.05, 3.63) is 17.0 Å². The lowest BCUT2D eigenvalue weighted by Gasteiger charge is -2.43. The van der Waals surface area contributed by atoms with Gasteiger partial charge in [-0.2, -0.15) is 5.10 Å². The number of nitrogens with one attached hydrogen (secondary N) is 1. The van der Waals surface area contributed by atoms with Crippen molar-refractivity contribution in [1.29, 1.82) is 0 Å². The highest BCUT2D eigenvalue weighted by Crippen LogP contribution is 2.43. The van der Waals surface area contributed by atoms with Crippen molar-refractivity contribution >= 4 is 0 Å². The molecule has 3 atom stereocenters. The summed E-state index contributed by atoms with van der Waals surface area (Å²) in [4.78, 5) is 2.57. The molecule has 1 aliphatic heterocycles. The number of nitrogens with zero attached hydrogens (tertiary/aromatic N) is 2. The molecule has 1 aromatic heterocycles. The third-order valence-corrected chi connectivity index (χ3v) is 6.03. The minimum Gasteiger partial charge on any atom is -0.394 e. The molecule has 0 unspecified atom stereocenters. The van der Waals surface area contributed by atoms with Crippen LogP contribution in [0.15, 0.2) is 0 Å². The lowest BCUT2D eigenvalue weighted by atomic mass is 9.79. The Hall–Kier alpha value is -0.950. The van der Waals surface area contributed by atoms with Crippen LogP contribution in [0.5, 0.6) is 0 Å². The van der Waals surface area contributed by atoms with Crippen LogP contribution < -0.4 is 0 Å². The maximum absolute atomic E-state index is 9.01. The minimum atomic E-state index is -0.0143. The topological polar surface area (TPSA) is 70.6 Å². The molecule has 24 heavy (non-hydrogen) atoms. The van der Waals surface area contributed by atoms with Crippen LogP contribution >= 0.6 is 0 Å². The summed E-state index contributed by atoms with van der Waals surface area (Å²) in [6, 6.07) is 0.410. The van der Waals surface area contributed by atoms with Crippen molar-refractivity contribution in [2.75, 3.05) is 33.4 Å². The SMILES string of the molecule is CO[C@@]12CC[C@H](OCCO)C[C@@H]1N(CCc1c(C)n[nH]c1C)CC2. The van der Waals surface area contributed by atoms with Crippen molar-refractivity contribution < 1.29 is 14.6 Å². The van der Waals surface area contributed by atoms with Gasteiger partial charge in [0.05, 0.1) is 30.6 Å². The van der Waals surface area contributed by atoms with Crippen LogP contribution in [0.3, 0.4) is 0 Å². The van der Waals surface area contributed by atoms with Gasteiger partial charge >= 0.3 is 0 Å². The number of hydrogen-bond donors (Lipinski definition) is 2. The number of aliphatic hydroxyl groups excluding tert-OH is 1. The number of aromatic nitrogens is 2. The summed E-state index contributed by atoms with van der Waals surface area (Å²) >= 11 is 0. The Morgan fingerprint density at radius 1 is 1.38 bits per heavy atom. The molecule has 2 N–H and O–H groups in total. The molecule has 0 amide bonds. The summed E-state index contributed by atoms with van der Waals surface area (Å²) in [5.41, 5.74) is 3.61. The van der Waals surface area contributed by atoms with E-state index in [4.69, 9.17) is 14.6 Å². The van der Waals surface area contributed by atoms with E-state index in [2.05, 4.69) is 28.9 Å². The van der Waals surface area contributed by atoms with Gasteiger partial charge in [0.25, 0.3) is 0 Å². The molecule has 1 aromatic rings. The molecule has 2 aliphatic rings. The van der Waals surface area contributed by atoms with E-state index in [0.29, 0.717) is 12.6 Å². The highest BCUT2D eigenvalue weighted by Gasteiger charge is 2.50. The van der Waals surface area contributed by atoms with E-state index in [1.807, 2.05) is 7.11 Å². The number of hydrogen-bond acceptors (Lipinski definition) is 5. The van der Waals surface area contributed by atoms with Gasteiger partial charge in [-0.25, -0.2) is 0 Å².